The number of halogens is 3. The molecule has 25 heavy (non-hydrogen) atoms. The molecule has 130 valence electrons. The molecule has 0 saturated heterocycles. The molecule has 1 atom stereocenters. The smallest absolute Gasteiger partial charge is 0.170 e. The Bertz CT molecular complexity index is 844. The van der Waals surface area contributed by atoms with Crippen LogP contribution in [0.1, 0.15) is 35.4 Å². The third-order valence-electron chi connectivity index (χ3n) is 4.63. The number of rotatable bonds is 5. The first kappa shape index (κ1) is 17.5. The van der Waals surface area contributed by atoms with E-state index in [9.17, 15) is 13.2 Å². The van der Waals surface area contributed by atoms with Crippen LogP contribution >= 0.6 is 0 Å². The van der Waals surface area contributed by atoms with Gasteiger partial charge in [-0.2, -0.15) is 13.2 Å². The van der Waals surface area contributed by atoms with Gasteiger partial charge < -0.3 is 0 Å². The summed E-state index contributed by atoms with van der Waals surface area (Å²) < 4.78 is 41.2. The van der Waals surface area contributed by atoms with Crippen molar-refractivity contribution in [2.24, 2.45) is 0 Å². The lowest BCUT2D eigenvalue weighted by Gasteiger charge is -2.22. The van der Waals surface area contributed by atoms with Crippen LogP contribution in [0.3, 0.4) is 0 Å². The Balaban J connectivity index is 1.83. The van der Waals surface area contributed by atoms with Crippen LogP contribution in [0.2, 0.25) is 0 Å². The van der Waals surface area contributed by atoms with Gasteiger partial charge in [-0.05, 0) is 48.1 Å². The summed E-state index contributed by atoms with van der Waals surface area (Å²) in [6.07, 6.45) is -2.96. The van der Waals surface area contributed by atoms with Gasteiger partial charge in [0.2, 0.25) is 0 Å². The van der Waals surface area contributed by atoms with Crippen LogP contribution in [-0.4, -0.2) is 6.18 Å². The van der Waals surface area contributed by atoms with Gasteiger partial charge >= 0.3 is 6.18 Å². The van der Waals surface area contributed by atoms with E-state index < -0.39 is 12.1 Å². The molecule has 1 unspecified atom stereocenters. The van der Waals surface area contributed by atoms with Gasteiger partial charge in [-0.3, -0.25) is 0 Å². The summed E-state index contributed by atoms with van der Waals surface area (Å²) in [6.45, 7) is 2.00. The zero-order valence-electron chi connectivity index (χ0n) is 14.2. The van der Waals surface area contributed by atoms with E-state index >= 15 is 0 Å². The van der Waals surface area contributed by atoms with Gasteiger partial charge in [0, 0.05) is 0 Å². The Hall–Kier alpha value is -2.29. The summed E-state index contributed by atoms with van der Waals surface area (Å²) in [5.41, 5.74) is 2.62. The summed E-state index contributed by atoms with van der Waals surface area (Å²) in [7, 11) is 0. The SMILES string of the molecule is Cc1cccc(CCCC(c2cccc3ccccc23)C(F)(F)F)c1. The Morgan fingerprint density at radius 1 is 0.880 bits per heavy atom. The molecule has 0 spiro atoms. The molecule has 0 fully saturated rings. The quantitative estimate of drug-likeness (QED) is 0.477. The third-order valence-corrected chi connectivity index (χ3v) is 4.63. The molecule has 0 amide bonds. The maximum absolute atomic E-state index is 13.7. The Morgan fingerprint density at radius 3 is 2.36 bits per heavy atom. The van der Waals surface area contributed by atoms with Crippen LogP contribution in [0.15, 0.2) is 66.7 Å². The molecule has 0 radical (unpaired) electrons. The molecule has 3 rings (SSSR count). The van der Waals surface area contributed by atoms with Crippen molar-refractivity contribution in [3.63, 3.8) is 0 Å². The summed E-state index contributed by atoms with van der Waals surface area (Å²) in [5, 5.41) is 1.55. The van der Waals surface area contributed by atoms with E-state index in [0.29, 0.717) is 23.8 Å². The minimum atomic E-state index is -4.24. The molecular formula is C22H21F3. The van der Waals surface area contributed by atoms with Crippen LogP contribution < -0.4 is 0 Å². The first-order chi connectivity index (χ1) is 11.9. The Kier molecular flexibility index (Phi) is 5.12. The number of hydrogen-bond donors (Lipinski definition) is 0. The number of aryl methyl sites for hydroxylation is 2. The lowest BCUT2D eigenvalue weighted by Crippen LogP contribution is -2.21. The minimum absolute atomic E-state index is 0.103. The summed E-state index contributed by atoms with van der Waals surface area (Å²) in [4.78, 5) is 0. The average molecular weight is 342 g/mol. The van der Waals surface area contributed by atoms with Gasteiger partial charge in [0.05, 0.1) is 5.92 Å². The average Bonchev–Trinajstić information content (AvgIpc) is 2.57. The van der Waals surface area contributed by atoms with Crippen molar-refractivity contribution in [1.29, 1.82) is 0 Å². The van der Waals surface area contributed by atoms with Gasteiger partial charge in [0.1, 0.15) is 0 Å². The first-order valence-electron chi connectivity index (χ1n) is 8.55. The molecular weight excluding hydrogens is 321 g/mol. The molecule has 3 aromatic rings. The maximum Gasteiger partial charge on any atom is 0.395 e. The molecule has 0 aliphatic rings. The van der Waals surface area contributed by atoms with Crippen LogP contribution in [0.4, 0.5) is 13.2 Å². The lowest BCUT2D eigenvalue weighted by atomic mass is 9.88. The molecule has 0 nitrogen and oxygen atoms in total. The number of hydrogen-bond acceptors (Lipinski definition) is 0. The molecule has 0 saturated carbocycles. The fourth-order valence-corrected chi connectivity index (χ4v) is 3.43. The number of fused-ring (bicyclic) bond motifs is 1. The molecule has 0 aliphatic carbocycles. The van der Waals surface area contributed by atoms with Crippen molar-refractivity contribution in [3.8, 4) is 0 Å². The van der Waals surface area contributed by atoms with E-state index in [1.807, 2.05) is 49.4 Å². The van der Waals surface area contributed by atoms with E-state index in [-0.39, 0.29) is 6.42 Å². The van der Waals surface area contributed by atoms with Crippen molar-refractivity contribution in [1.82, 2.24) is 0 Å². The van der Waals surface area contributed by atoms with Crippen molar-refractivity contribution < 1.29 is 13.2 Å². The third kappa shape index (κ3) is 4.22. The summed E-state index contributed by atoms with van der Waals surface area (Å²) in [6, 6.07) is 20.5. The Morgan fingerprint density at radius 2 is 1.60 bits per heavy atom. The molecule has 0 bridgehead atoms. The van der Waals surface area contributed by atoms with Crippen LogP contribution in [0.25, 0.3) is 10.8 Å². The number of benzene rings is 3. The molecule has 0 aliphatic heterocycles. The second-order valence-electron chi connectivity index (χ2n) is 6.54. The van der Waals surface area contributed by atoms with Crippen LogP contribution in [-0.2, 0) is 6.42 Å². The first-order valence-corrected chi connectivity index (χ1v) is 8.55. The predicted octanol–water partition coefficient (Wildman–Crippen LogP) is 6.82. The predicted molar refractivity (Wildman–Crippen MR) is 96.9 cm³/mol. The van der Waals surface area contributed by atoms with Crippen LogP contribution in [0.5, 0.6) is 0 Å². The van der Waals surface area contributed by atoms with Crippen molar-refractivity contribution in [3.05, 3.63) is 83.4 Å². The Labute approximate surface area is 146 Å². The minimum Gasteiger partial charge on any atom is -0.170 e. The number of alkyl halides is 3. The van der Waals surface area contributed by atoms with E-state index in [0.717, 1.165) is 16.5 Å². The standard InChI is InChI=1S/C22H21F3/c1-16-7-4-8-17(15-16)9-5-14-21(22(23,24)25)20-13-6-11-18-10-2-3-12-19(18)20/h2-4,6-8,10-13,15,21H,5,9,14H2,1H3. The highest BCUT2D eigenvalue weighted by molar-refractivity contribution is 5.86. The topological polar surface area (TPSA) is 0 Å². The molecule has 3 aromatic carbocycles. The van der Waals surface area contributed by atoms with Gasteiger partial charge in [0.15, 0.2) is 0 Å². The summed E-state index contributed by atoms with van der Waals surface area (Å²) >= 11 is 0. The van der Waals surface area contributed by atoms with Crippen molar-refractivity contribution in [2.75, 3.05) is 0 Å². The second-order valence-corrected chi connectivity index (χ2v) is 6.54. The fraction of sp³-hybridized carbons (Fsp3) is 0.273. The van der Waals surface area contributed by atoms with Crippen molar-refractivity contribution >= 4 is 10.8 Å². The molecule has 0 aromatic heterocycles. The van der Waals surface area contributed by atoms with Crippen LogP contribution in [0, 0.1) is 6.92 Å². The molecule has 3 heteroatoms. The zero-order chi connectivity index (χ0) is 17.9. The lowest BCUT2D eigenvalue weighted by molar-refractivity contribution is -0.151. The highest BCUT2D eigenvalue weighted by atomic mass is 19.4. The molecule has 0 heterocycles. The van der Waals surface area contributed by atoms with Gasteiger partial charge in [-0.1, -0.05) is 72.3 Å². The largest absolute Gasteiger partial charge is 0.395 e. The zero-order valence-corrected chi connectivity index (χ0v) is 14.2. The van der Waals surface area contributed by atoms with E-state index in [2.05, 4.69) is 0 Å². The van der Waals surface area contributed by atoms with Gasteiger partial charge in [-0.15, -0.1) is 0 Å². The van der Waals surface area contributed by atoms with E-state index in [1.165, 1.54) is 0 Å². The van der Waals surface area contributed by atoms with Crippen molar-refractivity contribution in [2.45, 2.75) is 38.3 Å². The second kappa shape index (κ2) is 7.30. The summed E-state index contributed by atoms with van der Waals surface area (Å²) in [5.74, 6) is -1.43. The highest BCUT2D eigenvalue weighted by Gasteiger charge is 2.40. The van der Waals surface area contributed by atoms with E-state index in [1.54, 1.807) is 24.3 Å². The van der Waals surface area contributed by atoms with Gasteiger partial charge in [-0.25, -0.2) is 0 Å². The molecule has 0 N–H and O–H groups in total. The van der Waals surface area contributed by atoms with E-state index in [4.69, 9.17) is 0 Å². The monoisotopic (exact) mass is 342 g/mol. The maximum atomic E-state index is 13.7. The van der Waals surface area contributed by atoms with Gasteiger partial charge in [0.25, 0.3) is 0 Å². The highest BCUT2D eigenvalue weighted by Crippen LogP contribution is 2.41. The fourth-order valence-electron chi connectivity index (χ4n) is 3.43. The normalized spacial score (nSPS) is 13.1.